The van der Waals surface area contributed by atoms with E-state index in [-0.39, 0.29) is 16.3 Å². The minimum atomic E-state index is -1.24. The van der Waals surface area contributed by atoms with Crippen LogP contribution in [0.1, 0.15) is 10.4 Å². The highest BCUT2D eigenvalue weighted by Crippen LogP contribution is 2.23. The second kappa shape index (κ2) is 2.98. The molecule has 0 aliphatic carbocycles. The maximum Gasteiger partial charge on any atom is 0.335 e. The van der Waals surface area contributed by atoms with Gasteiger partial charge >= 0.3 is 5.97 Å². The number of anilines is 1. The molecule has 64 valence electrons. The number of hydrogen-bond donors (Lipinski definition) is 2. The van der Waals surface area contributed by atoms with Gasteiger partial charge in [-0.05, 0) is 12.1 Å². The molecule has 1 aromatic rings. The molecule has 0 aliphatic rings. The van der Waals surface area contributed by atoms with E-state index in [4.69, 9.17) is 22.4 Å². The van der Waals surface area contributed by atoms with Crippen LogP contribution in [0, 0.1) is 5.82 Å². The van der Waals surface area contributed by atoms with Crippen molar-refractivity contribution in [2.75, 3.05) is 5.73 Å². The van der Waals surface area contributed by atoms with Gasteiger partial charge in [-0.25, -0.2) is 9.18 Å². The Morgan fingerprint density at radius 1 is 1.58 bits per heavy atom. The van der Waals surface area contributed by atoms with Gasteiger partial charge in [0.25, 0.3) is 0 Å². The summed E-state index contributed by atoms with van der Waals surface area (Å²) < 4.78 is 12.7. The van der Waals surface area contributed by atoms with E-state index in [2.05, 4.69) is 0 Å². The summed E-state index contributed by atoms with van der Waals surface area (Å²) in [6, 6.07) is 1.93. The summed E-state index contributed by atoms with van der Waals surface area (Å²) in [6.45, 7) is 0. The molecule has 0 atom stereocenters. The standard InChI is InChI=1S/C7H5ClFNO2/c8-6-4(9)1-3(7(11)12)2-5(6)10/h1-2H,10H2,(H,11,12). The van der Waals surface area contributed by atoms with Gasteiger partial charge in [-0.2, -0.15) is 0 Å². The molecule has 0 heterocycles. The van der Waals surface area contributed by atoms with E-state index in [9.17, 15) is 9.18 Å². The lowest BCUT2D eigenvalue weighted by Crippen LogP contribution is -2.00. The Morgan fingerprint density at radius 3 is 2.58 bits per heavy atom. The van der Waals surface area contributed by atoms with Crippen molar-refractivity contribution in [2.24, 2.45) is 0 Å². The zero-order valence-electron chi connectivity index (χ0n) is 5.84. The average molecular weight is 190 g/mol. The number of carboxylic acid groups (broad SMARTS) is 1. The van der Waals surface area contributed by atoms with Crippen LogP contribution in [0.5, 0.6) is 0 Å². The number of halogens is 2. The summed E-state index contributed by atoms with van der Waals surface area (Å²) in [5.41, 5.74) is 4.94. The monoisotopic (exact) mass is 189 g/mol. The van der Waals surface area contributed by atoms with E-state index in [0.717, 1.165) is 12.1 Å². The SMILES string of the molecule is Nc1cc(C(=O)O)cc(F)c1Cl. The molecule has 0 unspecified atom stereocenters. The Bertz CT molecular complexity index is 317. The highest BCUT2D eigenvalue weighted by atomic mass is 35.5. The molecule has 3 nitrogen and oxygen atoms in total. The van der Waals surface area contributed by atoms with Gasteiger partial charge in [-0.1, -0.05) is 11.6 Å². The predicted molar refractivity (Wildman–Crippen MR) is 42.8 cm³/mol. The summed E-state index contributed by atoms with van der Waals surface area (Å²) in [7, 11) is 0. The van der Waals surface area contributed by atoms with Crippen molar-refractivity contribution in [3.8, 4) is 0 Å². The summed E-state index contributed by atoms with van der Waals surface area (Å²) in [5, 5.41) is 8.21. The third-order valence-electron chi connectivity index (χ3n) is 1.30. The maximum atomic E-state index is 12.7. The first-order chi connectivity index (χ1) is 5.52. The fourth-order valence-electron chi connectivity index (χ4n) is 0.734. The van der Waals surface area contributed by atoms with Gasteiger partial charge in [-0.3, -0.25) is 0 Å². The Labute approximate surface area is 72.6 Å². The average Bonchev–Trinajstić information content (AvgIpc) is 1.99. The molecule has 0 aromatic heterocycles. The van der Waals surface area contributed by atoms with Crippen LogP contribution in [0.4, 0.5) is 10.1 Å². The van der Waals surface area contributed by atoms with Gasteiger partial charge < -0.3 is 10.8 Å². The first-order valence-corrected chi connectivity index (χ1v) is 3.38. The van der Waals surface area contributed by atoms with Crippen LogP contribution in [0.25, 0.3) is 0 Å². The van der Waals surface area contributed by atoms with Gasteiger partial charge in [0.05, 0.1) is 16.3 Å². The van der Waals surface area contributed by atoms with E-state index in [1.54, 1.807) is 0 Å². The van der Waals surface area contributed by atoms with Crippen LogP contribution >= 0.6 is 11.6 Å². The van der Waals surface area contributed by atoms with Crippen LogP contribution < -0.4 is 5.73 Å². The van der Waals surface area contributed by atoms with Gasteiger partial charge in [0, 0.05) is 0 Å². The summed E-state index contributed by atoms with van der Waals surface area (Å²) in [4.78, 5) is 10.4. The predicted octanol–water partition coefficient (Wildman–Crippen LogP) is 1.76. The van der Waals surface area contributed by atoms with Crippen LogP contribution in [-0.2, 0) is 0 Å². The van der Waals surface area contributed by atoms with Crippen LogP contribution in [0.2, 0.25) is 5.02 Å². The second-order valence-electron chi connectivity index (χ2n) is 2.17. The summed E-state index contributed by atoms with van der Waals surface area (Å²) in [6.07, 6.45) is 0. The van der Waals surface area contributed by atoms with E-state index in [1.165, 1.54) is 0 Å². The van der Waals surface area contributed by atoms with Crippen molar-refractivity contribution < 1.29 is 14.3 Å². The first kappa shape index (κ1) is 8.80. The van der Waals surface area contributed by atoms with Crippen molar-refractivity contribution in [1.82, 2.24) is 0 Å². The van der Waals surface area contributed by atoms with E-state index in [1.807, 2.05) is 0 Å². The normalized spacial score (nSPS) is 9.83. The Balaban J connectivity index is 3.31. The quantitative estimate of drug-likeness (QED) is 0.662. The number of aromatic carboxylic acids is 1. The molecule has 0 aliphatic heterocycles. The van der Waals surface area contributed by atoms with Crippen LogP contribution in [-0.4, -0.2) is 11.1 Å². The molecule has 5 heteroatoms. The molecular formula is C7H5ClFNO2. The Hall–Kier alpha value is -1.29. The van der Waals surface area contributed by atoms with Crippen molar-refractivity contribution in [3.63, 3.8) is 0 Å². The number of nitrogen functional groups attached to an aromatic ring is 1. The molecule has 0 saturated heterocycles. The van der Waals surface area contributed by atoms with Crippen molar-refractivity contribution in [1.29, 1.82) is 0 Å². The minimum Gasteiger partial charge on any atom is -0.478 e. The number of rotatable bonds is 1. The molecule has 0 bridgehead atoms. The smallest absolute Gasteiger partial charge is 0.335 e. The van der Waals surface area contributed by atoms with Crippen molar-refractivity contribution >= 4 is 23.3 Å². The lowest BCUT2D eigenvalue weighted by atomic mass is 10.2. The van der Waals surface area contributed by atoms with Crippen LogP contribution in [0.15, 0.2) is 12.1 Å². The number of carbonyl (C=O) groups is 1. The van der Waals surface area contributed by atoms with Crippen molar-refractivity contribution in [3.05, 3.63) is 28.5 Å². The lowest BCUT2D eigenvalue weighted by Gasteiger charge is -2.00. The minimum absolute atomic E-state index is 0.0749. The molecule has 1 rings (SSSR count). The summed E-state index contributed by atoms with van der Waals surface area (Å²) in [5.74, 6) is -2.06. The fourth-order valence-corrected chi connectivity index (χ4v) is 0.843. The highest BCUT2D eigenvalue weighted by molar-refractivity contribution is 6.33. The second-order valence-corrected chi connectivity index (χ2v) is 2.54. The Morgan fingerprint density at radius 2 is 2.17 bits per heavy atom. The van der Waals surface area contributed by atoms with Crippen LogP contribution in [0.3, 0.4) is 0 Å². The molecule has 1 aromatic carbocycles. The molecule has 0 amide bonds. The van der Waals surface area contributed by atoms with Gasteiger partial charge in [0.2, 0.25) is 0 Å². The van der Waals surface area contributed by atoms with Gasteiger partial charge in [-0.15, -0.1) is 0 Å². The van der Waals surface area contributed by atoms with Gasteiger partial charge in [0.15, 0.2) is 0 Å². The molecule has 0 saturated carbocycles. The number of carboxylic acids is 1. The largest absolute Gasteiger partial charge is 0.478 e. The number of benzene rings is 1. The van der Waals surface area contributed by atoms with E-state index >= 15 is 0 Å². The molecule has 12 heavy (non-hydrogen) atoms. The zero-order valence-corrected chi connectivity index (χ0v) is 6.60. The van der Waals surface area contributed by atoms with E-state index in [0.29, 0.717) is 0 Å². The molecule has 0 spiro atoms. The lowest BCUT2D eigenvalue weighted by molar-refractivity contribution is 0.0696. The zero-order chi connectivity index (χ0) is 9.30. The fraction of sp³-hybridized carbons (Fsp3) is 0. The van der Waals surface area contributed by atoms with Crippen molar-refractivity contribution in [2.45, 2.75) is 0 Å². The maximum absolute atomic E-state index is 12.7. The highest BCUT2D eigenvalue weighted by Gasteiger charge is 2.10. The number of nitrogens with two attached hydrogens (primary N) is 1. The van der Waals surface area contributed by atoms with E-state index < -0.39 is 11.8 Å². The Kier molecular flexibility index (Phi) is 2.19. The molecule has 0 radical (unpaired) electrons. The first-order valence-electron chi connectivity index (χ1n) is 3.00. The topological polar surface area (TPSA) is 63.3 Å². The summed E-state index contributed by atoms with van der Waals surface area (Å²) >= 11 is 5.36. The third-order valence-corrected chi connectivity index (χ3v) is 1.70. The third kappa shape index (κ3) is 1.48. The number of hydrogen-bond acceptors (Lipinski definition) is 2. The van der Waals surface area contributed by atoms with Gasteiger partial charge in [0.1, 0.15) is 5.82 Å². The molecule has 0 fully saturated rings. The molecule has 3 N–H and O–H groups in total. The molecular weight excluding hydrogens is 185 g/mol.